The van der Waals surface area contributed by atoms with Gasteiger partial charge < -0.3 is 0 Å². The lowest BCUT2D eigenvalue weighted by Crippen LogP contribution is -2.25. The minimum absolute atomic E-state index is 0.374. The van der Waals surface area contributed by atoms with Gasteiger partial charge in [0.15, 0.2) is 17.5 Å². The zero-order valence-corrected chi connectivity index (χ0v) is 17.3. The van der Waals surface area contributed by atoms with Crippen molar-refractivity contribution in [3.63, 3.8) is 0 Å². The molecular formula is C26H31F3. The fourth-order valence-electron chi connectivity index (χ4n) is 5.66. The van der Waals surface area contributed by atoms with Gasteiger partial charge in [-0.05, 0) is 91.0 Å². The number of halogens is 3. The van der Waals surface area contributed by atoms with E-state index in [4.69, 9.17) is 0 Å². The van der Waals surface area contributed by atoms with Gasteiger partial charge in [0.25, 0.3) is 0 Å². The van der Waals surface area contributed by atoms with Gasteiger partial charge >= 0.3 is 0 Å². The van der Waals surface area contributed by atoms with E-state index in [1.807, 2.05) is 12.1 Å². The van der Waals surface area contributed by atoms with Crippen LogP contribution in [0.4, 0.5) is 13.2 Å². The van der Waals surface area contributed by atoms with Crippen molar-refractivity contribution in [1.82, 2.24) is 0 Å². The van der Waals surface area contributed by atoms with E-state index in [9.17, 15) is 13.2 Å². The molecule has 0 N–H and O–H groups in total. The van der Waals surface area contributed by atoms with Crippen molar-refractivity contribution in [1.29, 1.82) is 0 Å². The SMILES string of the molecule is CCC1CCC(C2CCC(c3ccc(-c4cc(F)c(F)c(F)c4)cc3)CC2)CC1. The van der Waals surface area contributed by atoms with Gasteiger partial charge in [0, 0.05) is 0 Å². The Kier molecular flexibility index (Phi) is 6.32. The van der Waals surface area contributed by atoms with Gasteiger partial charge in [-0.15, -0.1) is 0 Å². The maximum atomic E-state index is 13.5. The third kappa shape index (κ3) is 4.54. The van der Waals surface area contributed by atoms with Crippen molar-refractivity contribution < 1.29 is 13.2 Å². The van der Waals surface area contributed by atoms with E-state index >= 15 is 0 Å². The van der Waals surface area contributed by atoms with Gasteiger partial charge in [0.2, 0.25) is 0 Å². The van der Waals surface area contributed by atoms with Crippen molar-refractivity contribution in [2.45, 2.75) is 70.6 Å². The monoisotopic (exact) mass is 400 g/mol. The Morgan fingerprint density at radius 3 is 1.72 bits per heavy atom. The van der Waals surface area contributed by atoms with Gasteiger partial charge in [-0.25, -0.2) is 13.2 Å². The molecule has 0 heterocycles. The van der Waals surface area contributed by atoms with Crippen LogP contribution in [0, 0.1) is 35.2 Å². The fraction of sp³-hybridized carbons (Fsp3) is 0.538. The summed E-state index contributed by atoms with van der Waals surface area (Å²) in [7, 11) is 0. The van der Waals surface area contributed by atoms with Crippen LogP contribution < -0.4 is 0 Å². The highest BCUT2D eigenvalue weighted by Crippen LogP contribution is 2.44. The largest absolute Gasteiger partial charge is 0.204 e. The van der Waals surface area contributed by atoms with Crippen LogP contribution in [0.2, 0.25) is 0 Å². The molecule has 2 aliphatic rings. The highest BCUT2D eigenvalue weighted by Gasteiger charge is 2.30. The lowest BCUT2D eigenvalue weighted by Gasteiger charge is -2.38. The van der Waals surface area contributed by atoms with Gasteiger partial charge in [0.05, 0.1) is 0 Å². The molecule has 0 aromatic heterocycles. The van der Waals surface area contributed by atoms with E-state index in [-0.39, 0.29) is 0 Å². The van der Waals surface area contributed by atoms with Gasteiger partial charge in [-0.3, -0.25) is 0 Å². The van der Waals surface area contributed by atoms with Crippen LogP contribution in [0.15, 0.2) is 36.4 Å². The Labute approximate surface area is 172 Å². The summed E-state index contributed by atoms with van der Waals surface area (Å²) in [5.74, 6) is -0.327. The molecule has 0 saturated heterocycles. The Morgan fingerprint density at radius 2 is 1.21 bits per heavy atom. The van der Waals surface area contributed by atoms with Gasteiger partial charge in [-0.1, -0.05) is 50.5 Å². The second-order valence-corrected chi connectivity index (χ2v) is 9.18. The molecule has 0 nitrogen and oxygen atoms in total. The first-order valence-corrected chi connectivity index (χ1v) is 11.3. The molecule has 2 aliphatic carbocycles. The smallest absolute Gasteiger partial charge is 0.194 e. The first-order chi connectivity index (χ1) is 14.0. The molecule has 29 heavy (non-hydrogen) atoms. The molecule has 0 atom stereocenters. The Morgan fingerprint density at radius 1 is 0.690 bits per heavy atom. The maximum absolute atomic E-state index is 13.5. The first kappa shape index (κ1) is 20.5. The summed E-state index contributed by atoms with van der Waals surface area (Å²) >= 11 is 0. The molecule has 2 aromatic carbocycles. The Bertz CT molecular complexity index is 787. The molecular weight excluding hydrogens is 369 g/mol. The summed E-state index contributed by atoms with van der Waals surface area (Å²) in [6.45, 7) is 2.32. The minimum atomic E-state index is -1.41. The average Bonchev–Trinajstić information content (AvgIpc) is 2.77. The molecule has 0 bridgehead atoms. The third-order valence-corrected chi connectivity index (χ3v) is 7.61. The van der Waals surface area contributed by atoms with E-state index in [0.717, 1.165) is 29.9 Å². The molecule has 0 amide bonds. The van der Waals surface area contributed by atoms with Gasteiger partial charge in [-0.2, -0.15) is 0 Å². The normalized spacial score (nSPS) is 27.7. The van der Waals surface area contributed by atoms with Crippen LogP contribution in [0.5, 0.6) is 0 Å². The van der Waals surface area contributed by atoms with Crippen molar-refractivity contribution in [2.75, 3.05) is 0 Å². The van der Waals surface area contributed by atoms with Crippen LogP contribution in [0.1, 0.15) is 76.2 Å². The predicted molar refractivity (Wildman–Crippen MR) is 112 cm³/mol. The minimum Gasteiger partial charge on any atom is -0.204 e. The molecule has 3 heteroatoms. The molecule has 156 valence electrons. The van der Waals surface area contributed by atoms with Crippen molar-refractivity contribution >= 4 is 0 Å². The van der Waals surface area contributed by atoms with Crippen LogP contribution in [0.3, 0.4) is 0 Å². The van der Waals surface area contributed by atoms with Crippen molar-refractivity contribution in [2.24, 2.45) is 17.8 Å². The summed E-state index contributed by atoms with van der Waals surface area (Å²) in [5, 5.41) is 0. The molecule has 4 rings (SSSR count). The summed E-state index contributed by atoms with van der Waals surface area (Å²) in [6, 6.07) is 10.1. The second kappa shape index (κ2) is 8.93. The fourth-order valence-corrected chi connectivity index (χ4v) is 5.66. The number of rotatable bonds is 4. The highest BCUT2D eigenvalue weighted by atomic mass is 19.2. The molecule has 0 radical (unpaired) electrons. The summed E-state index contributed by atoms with van der Waals surface area (Å²) in [4.78, 5) is 0. The Balaban J connectivity index is 1.36. The lowest BCUT2D eigenvalue weighted by molar-refractivity contribution is 0.158. The van der Waals surface area contributed by atoms with Crippen LogP contribution >= 0.6 is 0 Å². The van der Waals surface area contributed by atoms with Gasteiger partial charge in [0.1, 0.15) is 0 Å². The summed E-state index contributed by atoms with van der Waals surface area (Å²) in [5.41, 5.74) is 2.40. The quantitative estimate of drug-likeness (QED) is 0.453. The second-order valence-electron chi connectivity index (χ2n) is 9.18. The third-order valence-electron chi connectivity index (χ3n) is 7.61. The molecule has 2 aromatic rings. The van der Waals surface area contributed by atoms with E-state index in [0.29, 0.717) is 17.0 Å². The number of hydrogen-bond donors (Lipinski definition) is 0. The molecule has 0 spiro atoms. The van der Waals surface area contributed by atoms with E-state index < -0.39 is 17.5 Å². The van der Waals surface area contributed by atoms with Crippen LogP contribution in [0.25, 0.3) is 11.1 Å². The number of hydrogen-bond acceptors (Lipinski definition) is 0. The average molecular weight is 401 g/mol. The summed E-state index contributed by atoms with van der Waals surface area (Å²) < 4.78 is 40.2. The standard InChI is InChI=1S/C26H31F3/c1-2-17-3-5-18(6-4-17)19-7-9-20(10-8-19)21-11-13-22(14-12-21)23-15-24(27)26(29)25(28)16-23/h11-20H,2-10H2,1H3. The topological polar surface area (TPSA) is 0 Å². The summed E-state index contributed by atoms with van der Waals surface area (Å²) in [6.07, 6.45) is 12.1. The zero-order chi connectivity index (χ0) is 20.4. The maximum Gasteiger partial charge on any atom is 0.194 e. The zero-order valence-electron chi connectivity index (χ0n) is 17.3. The van der Waals surface area contributed by atoms with Crippen LogP contribution in [-0.2, 0) is 0 Å². The first-order valence-electron chi connectivity index (χ1n) is 11.3. The number of benzene rings is 2. The highest BCUT2D eigenvalue weighted by molar-refractivity contribution is 5.64. The van der Waals surface area contributed by atoms with E-state index in [1.54, 1.807) is 0 Å². The molecule has 0 aliphatic heterocycles. The van der Waals surface area contributed by atoms with Crippen molar-refractivity contribution in [3.8, 4) is 11.1 Å². The Hall–Kier alpha value is -1.77. The molecule has 2 fully saturated rings. The molecule has 0 unspecified atom stereocenters. The lowest BCUT2D eigenvalue weighted by atomic mass is 9.68. The van der Waals surface area contributed by atoms with Crippen molar-refractivity contribution in [3.05, 3.63) is 59.4 Å². The predicted octanol–water partition coefficient (Wildman–Crippen LogP) is 8.26. The van der Waals surface area contributed by atoms with Crippen LogP contribution in [-0.4, -0.2) is 0 Å². The van der Waals surface area contributed by atoms with E-state index in [2.05, 4.69) is 19.1 Å². The van der Waals surface area contributed by atoms with E-state index in [1.165, 1.54) is 63.4 Å². The molecule has 2 saturated carbocycles.